The lowest BCUT2D eigenvalue weighted by Crippen LogP contribution is -2.06. The second-order valence-corrected chi connectivity index (χ2v) is 5.83. The topological polar surface area (TPSA) is 76.0 Å². The molecule has 0 aliphatic carbocycles. The third-order valence-electron chi connectivity index (χ3n) is 3.92. The van der Waals surface area contributed by atoms with Crippen molar-refractivity contribution in [3.63, 3.8) is 0 Å². The molecule has 5 heteroatoms. The molecule has 1 aromatic rings. The van der Waals surface area contributed by atoms with Crippen molar-refractivity contribution in [2.45, 2.75) is 65.7 Å². The first-order valence-corrected chi connectivity index (χ1v) is 8.34. The summed E-state index contributed by atoms with van der Waals surface area (Å²) in [5, 5.41) is 18.8. The molecule has 0 aromatic heterocycles. The molecule has 0 unspecified atom stereocenters. The third kappa shape index (κ3) is 6.38. The van der Waals surface area contributed by atoms with Gasteiger partial charge in [-0.05, 0) is 37.5 Å². The second-order valence-electron chi connectivity index (χ2n) is 5.83. The summed E-state index contributed by atoms with van der Waals surface area (Å²) >= 11 is 0. The van der Waals surface area contributed by atoms with Gasteiger partial charge in [-0.3, -0.25) is 0 Å². The van der Waals surface area contributed by atoms with E-state index in [1.54, 1.807) is 0 Å². The van der Waals surface area contributed by atoms with Crippen LogP contribution < -0.4 is 9.47 Å². The highest BCUT2D eigenvalue weighted by Gasteiger charge is 2.17. The van der Waals surface area contributed by atoms with E-state index in [0.717, 1.165) is 24.0 Å². The number of hydrogen-bond acceptors (Lipinski definition) is 4. The van der Waals surface area contributed by atoms with Gasteiger partial charge in [0.25, 0.3) is 0 Å². The first-order valence-electron chi connectivity index (χ1n) is 8.34. The molecule has 0 spiro atoms. The van der Waals surface area contributed by atoms with E-state index in [4.69, 9.17) is 9.84 Å². The van der Waals surface area contributed by atoms with E-state index < -0.39 is 6.16 Å². The number of phenols is 1. The van der Waals surface area contributed by atoms with E-state index in [-0.39, 0.29) is 11.5 Å². The molecule has 23 heavy (non-hydrogen) atoms. The number of aromatic hydroxyl groups is 1. The molecule has 5 nitrogen and oxygen atoms in total. The van der Waals surface area contributed by atoms with Crippen LogP contribution in [0.4, 0.5) is 4.79 Å². The summed E-state index contributed by atoms with van der Waals surface area (Å²) in [6.07, 6.45) is 6.80. The van der Waals surface area contributed by atoms with Gasteiger partial charge >= 0.3 is 6.16 Å². The van der Waals surface area contributed by atoms with Gasteiger partial charge in [0.2, 0.25) is 5.75 Å². The van der Waals surface area contributed by atoms with Crippen molar-refractivity contribution >= 4 is 6.16 Å². The zero-order valence-corrected chi connectivity index (χ0v) is 14.4. The van der Waals surface area contributed by atoms with E-state index in [1.807, 2.05) is 13.8 Å². The van der Waals surface area contributed by atoms with Gasteiger partial charge in [0, 0.05) is 0 Å². The van der Waals surface area contributed by atoms with Gasteiger partial charge in [0.1, 0.15) is 0 Å². The Kier molecular flexibility index (Phi) is 8.30. The van der Waals surface area contributed by atoms with Gasteiger partial charge in [0.05, 0.1) is 6.61 Å². The Morgan fingerprint density at radius 3 is 2.30 bits per heavy atom. The number of rotatable bonds is 10. The first-order chi connectivity index (χ1) is 11.0. The molecule has 1 aromatic carbocycles. The lowest BCUT2D eigenvalue weighted by molar-refractivity contribution is 0.142. The molecular weight excluding hydrogens is 296 g/mol. The monoisotopic (exact) mass is 324 g/mol. The lowest BCUT2D eigenvalue weighted by Gasteiger charge is -2.15. The summed E-state index contributed by atoms with van der Waals surface area (Å²) in [4.78, 5) is 10.7. The molecule has 0 aliphatic rings. The van der Waals surface area contributed by atoms with Crippen molar-refractivity contribution in [3.05, 3.63) is 17.2 Å². The molecular formula is C18H28O5. The van der Waals surface area contributed by atoms with Gasteiger partial charge in [-0.1, -0.05) is 45.4 Å². The van der Waals surface area contributed by atoms with Crippen molar-refractivity contribution in [1.82, 2.24) is 0 Å². The van der Waals surface area contributed by atoms with Crippen LogP contribution in [0, 0.1) is 13.8 Å². The molecule has 0 saturated heterocycles. The van der Waals surface area contributed by atoms with E-state index >= 15 is 0 Å². The molecule has 0 aliphatic heterocycles. The lowest BCUT2D eigenvalue weighted by atomic mass is 10.1. The minimum atomic E-state index is -1.46. The smallest absolute Gasteiger partial charge is 0.502 e. The Labute approximate surface area is 138 Å². The predicted octanol–water partition coefficient (Wildman–Crippen LogP) is 5.20. The first kappa shape index (κ1) is 19.1. The largest absolute Gasteiger partial charge is 0.511 e. The van der Waals surface area contributed by atoms with Crippen LogP contribution in [0.3, 0.4) is 0 Å². The standard InChI is InChI=1S/C18H28O5/c1-4-5-6-7-8-9-10-11-22-17-14(3)13(2)12-15(16(17)19)23-18(20)21/h12,19H,4-11H2,1-3H3,(H,20,21). The molecule has 2 N–H and O–H groups in total. The number of hydrogen-bond donors (Lipinski definition) is 2. The molecule has 0 bridgehead atoms. The van der Waals surface area contributed by atoms with Crippen LogP contribution in [0.25, 0.3) is 0 Å². The molecule has 0 atom stereocenters. The Bertz CT molecular complexity index is 511. The van der Waals surface area contributed by atoms with Crippen LogP contribution in [-0.2, 0) is 0 Å². The van der Waals surface area contributed by atoms with Gasteiger partial charge in [0.15, 0.2) is 11.5 Å². The zero-order valence-electron chi connectivity index (χ0n) is 14.4. The minimum Gasteiger partial charge on any atom is -0.502 e. The highest BCUT2D eigenvalue weighted by Crippen LogP contribution is 2.41. The maximum absolute atomic E-state index is 10.7. The Morgan fingerprint density at radius 1 is 1.09 bits per heavy atom. The van der Waals surface area contributed by atoms with Crippen LogP contribution in [0.1, 0.15) is 63.0 Å². The summed E-state index contributed by atoms with van der Waals surface area (Å²) in [6, 6.07) is 1.50. The van der Waals surface area contributed by atoms with Gasteiger partial charge < -0.3 is 19.7 Å². The number of unbranched alkanes of at least 4 members (excludes halogenated alkanes) is 6. The number of carboxylic acid groups (broad SMARTS) is 1. The molecule has 0 heterocycles. The summed E-state index contributed by atoms with van der Waals surface area (Å²) in [5.41, 5.74) is 1.61. The van der Waals surface area contributed by atoms with Gasteiger partial charge in [-0.2, -0.15) is 0 Å². The van der Waals surface area contributed by atoms with Gasteiger partial charge in [-0.15, -0.1) is 0 Å². The SMILES string of the molecule is CCCCCCCCCOc1c(C)c(C)cc(OC(=O)O)c1O. The normalized spacial score (nSPS) is 10.6. The number of carbonyl (C=O) groups is 1. The van der Waals surface area contributed by atoms with Crippen LogP contribution in [0.5, 0.6) is 17.2 Å². The summed E-state index contributed by atoms with van der Waals surface area (Å²) in [6.45, 7) is 6.36. The molecule has 130 valence electrons. The molecule has 0 radical (unpaired) electrons. The van der Waals surface area contributed by atoms with Crippen molar-refractivity contribution in [2.24, 2.45) is 0 Å². The summed E-state index contributed by atoms with van der Waals surface area (Å²) in [5.74, 6) is -0.0270. The van der Waals surface area contributed by atoms with Gasteiger partial charge in [-0.25, -0.2) is 4.79 Å². The van der Waals surface area contributed by atoms with E-state index in [2.05, 4.69) is 11.7 Å². The number of ether oxygens (including phenoxy) is 2. The van der Waals surface area contributed by atoms with Crippen LogP contribution in [0.15, 0.2) is 6.07 Å². The molecule has 0 fully saturated rings. The molecule has 1 rings (SSSR count). The fourth-order valence-electron chi connectivity index (χ4n) is 2.42. The number of benzene rings is 1. The zero-order chi connectivity index (χ0) is 17.2. The predicted molar refractivity (Wildman–Crippen MR) is 89.7 cm³/mol. The Balaban J connectivity index is 2.52. The average Bonchev–Trinajstić information content (AvgIpc) is 2.50. The van der Waals surface area contributed by atoms with Crippen molar-refractivity contribution < 1.29 is 24.5 Å². The summed E-state index contributed by atoms with van der Waals surface area (Å²) < 4.78 is 10.3. The van der Waals surface area contributed by atoms with Crippen molar-refractivity contribution in [1.29, 1.82) is 0 Å². The van der Waals surface area contributed by atoms with E-state index in [9.17, 15) is 9.90 Å². The Morgan fingerprint density at radius 2 is 1.70 bits per heavy atom. The summed E-state index contributed by atoms with van der Waals surface area (Å²) in [7, 11) is 0. The van der Waals surface area contributed by atoms with Crippen LogP contribution in [-0.4, -0.2) is 23.0 Å². The van der Waals surface area contributed by atoms with E-state index in [0.29, 0.717) is 12.4 Å². The van der Waals surface area contributed by atoms with Crippen molar-refractivity contribution in [2.75, 3.05) is 6.61 Å². The molecule has 0 amide bonds. The Hall–Kier alpha value is -1.91. The van der Waals surface area contributed by atoms with Crippen molar-refractivity contribution in [3.8, 4) is 17.2 Å². The maximum atomic E-state index is 10.7. The molecule has 0 saturated carbocycles. The highest BCUT2D eigenvalue weighted by molar-refractivity contribution is 5.66. The number of aryl methyl sites for hydroxylation is 1. The van der Waals surface area contributed by atoms with Crippen LogP contribution in [0.2, 0.25) is 0 Å². The van der Waals surface area contributed by atoms with Crippen LogP contribution >= 0.6 is 0 Å². The average molecular weight is 324 g/mol. The number of phenolic OH excluding ortho intramolecular Hbond substituents is 1. The minimum absolute atomic E-state index is 0.0878. The maximum Gasteiger partial charge on any atom is 0.511 e. The highest BCUT2D eigenvalue weighted by atomic mass is 16.7. The quantitative estimate of drug-likeness (QED) is 0.351. The third-order valence-corrected chi connectivity index (χ3v) is 3.92. The van der Waals surface area contributed by atoms with E-state index in [1.165, 1.54) is 38.2 Å². The second kappa shape index (κ2) is 9.98. The fourth-order valence-corrected chi connectivity index (χ4v) is 2.42. The fraction of sp³-hybridized carbons (Fsp3) is 0.611.